The zero-order chi connectivity index (χ0) is 19.2. The largest absolute Gasteiger partial charge is 0.454 e. The van der Waals surface area contributed by atoms with E-state index >= 15 is 0 Å². The van der Waals surface area contributed by atoms with Crippen molar-refractivity contribution >= 4 is 21.8 Å². The zero-order valence-electron chi connectivity index (χ0n) is 14.7. The summed E-state index contributed by atoms with van der Waals surface area (Å²) in [5.74, 6) is -0.983. The van der Waals surface area contributed by atoms with Gasteiger partial charge in [0.2, 0.25) is 10.0 Å². The molecule has 0 aliphatic rings. The molecule has 7 heteroatoms. The number of carbonyl (C=O) groups is 2. The van der Waals surface area contributed by atoms with E-state index in [0.29, 0.717) is 5.56 Å². The Labute approximate surface area is 153 Å². The summed E-state index contributed by atoms with van der Waals surface area (Å²) in [5.41, 5.74) is 1.77. The van der Waals surface area contributed by atoms with Crippen LogP contribution < -0.4 is 4.72 Å². The second-order valence-electron chi connectivity index (χ2n) is 5.58. The molecule has 0 radical (unpaired) electrons. The van der Waals surface area contributed by atoms with E-state index in [1.807, 2.05) is 19.1 Å². The molecule has 0 bridgehead atoms. The van der Waals surface area contributed by atoms with Crippen LogP contribution in [0.1, 0.15) is 40.1 Å². The fourth-order valence-corrected chi connectivity index (χ4v) is 3.31. The van der Waals surface area contributed by atoms with Crippen LogP contribution in [-0.2, 0) is 21.2 Å². The van der Waals surface area contributed by atoms with Crippen molar-refractivity contribution in [1.82, 2.24) is 4.72 Å². The van der Waals surface area contributed by atoms with Crippen LogP contribution in [0.5, 0.6) is 0 Å². The number of nitrogens with one attached hydrogen (secondary N) is 1. The second kappa shape index (κ2) is 8.73. The van der Waals surface area contributed by atoms with Crippen LogP contribution in [0.3, 0.4) is 0 Å². The summed E-state index contributed by atoms with van der Waals surface area (Å²) in [6.07, 6.45) is 0.878. The molecule has 1 N–H and O–H groups in total. The Morgan fingerprint density at radius 3 is 2.04 bits per heavy atom. The molecule has 0 atom stereocenters. The van der Waals surface area contributed by atoms with Crippen LogP contribution in [0.4, 0.5) is 0 Å². The van der Waals surface area contributed by atoms with Crippen molar-refractivity contribution < 1.29 is 22.7 Å². The summed E-state index contributed by atoms with van der Waals surface area (Å²) in [6.45, 7) is 3.60. The highest BCUT2D eigenvalue weighted by molar-refractivity contribution is 7.89. The predicted molar refractivity (Wildman–Crippen MR) is 97.7 cm³/mol. The Morgan fingerprint density at radius 1 is 0.923 bits per heavy atom. The monoisotopic (exact) mass is 375 g/mol. The summed E-state index contributed by atoms with van der Waals surface area (Å²) in [4.78, 5) is 24.2. The fourth-order valence-electron chi connectivity index (χ4n) is 2.27. The molecular formula is C19H21NO5S. The Morgan fingerprint density at radius 2 is 1.50 bits per heavy atom. The third-order valence-corrected chi connectivity index (χ3v) is 5.31. The molecule has 0 aromatic heterocycles. The number of sulfonamides is 1. The van der Waals surface area contributed by atoms with Gasteiger partial charge in [-0.3, -0.25) is 4.79 Å². The first kappa shape index (κ1) is 19.8. The molecule has 2 aromatic rings. The lowest BCUT2D eigenvalue weighted by molar-refractivity contribution is 0.0474. The fraction of sp³-hybridized carbons (Fsp3) is 0.263. The predicted octanol–water partition coefficient (Wildman–Crippen LogP) is 2.59. The topological polar surface area (TPSA) is 89.5 Å². The van der Waals surface area contributed by atoms with Gasteiger partial charge >= 0.3 is 5.97 Å². The highest BCUT2D eigenvalue weighted by Crippen LogP contribution is 2.12. The lowest BCUT2D eigenvalue weighted by Gasteiger charge is -2.07. The van der Waals surface area contributed by atoms with E-state index in [2.05, 4.69) is 4.72 Å². The van der Waals surface area contributed by atoms with Gasteiger partial charge < -0.3 is 4.74 Å². The van der Waals surface area contributed by atoms with Crippen LogP contribution in [0.15, 0.2) is 53.4 Å². The third kappa shape index (κ3) is 5.00. The van der Waals surface area contributed by atoms with Crippen molar-refractivity contribution in [2.45, 2.75) is 25.2 Å². The van der Waals surface area contributed by atoms with Gasteiger partial charge in [-0.05, 0) is 36.2 Å². The van der Waals surface area contributed by atoms with Crippen molar-refractivity contribution in [1.29, 1.82) is 0 Å². The van der Waals surface area contributed by atoms with E-state index in [1.165, 1.54) is 24.3 Å². The minimum atomic E-state index is -3.58. The van der Waals surface area contributed by atoms with Crippen LogP contribution in [0.25, 0.3) is 0 Å². The average Bonchev–Trinajstić information content (AvgIpc) is 2.66. The molecule has 0 saturated carbocycles. The van der Waals surface area contributed by atoms with Crippen LogP contribution >= 0.6 is 0 Å². The lowest BCUT2D eigenvalue weighted by atomic mass is 10.1. The number of ether oxygens (including phenoxy) is 1. The minimum absolute atomic E-state index is 0.0583. The molecule has 0 unspecified atom stereocenters. The van der Waals surface area contributed by atoms with Crippen LogP contribution in [0.2, 0.25) is 0 Å². The van der Waals surface area contributed by atoms with Crippen molar-refractivity contribution in [2.75, 3.05) is 13.2 Å². The first-order valence-electron chi connectivity index (χ1n) is 8.26. The molecule has 0 aliphatic carbocycles. The number of aryl methyl sites for hydroxylation is 1. The zero-order valence-corrected chi connectivity index (χ0v) is 15.5. The summed E-state index contributed by atoms with van der Waals surface area (Å²) in [6, 6.07) is 12.5. The molecule has 0 spiro atoms. The molecule has 2 rings (SSSR count). The van der Waals surface area contributed by atoms with Crippen LogP contribution in [-0.4, -0.2) is 33.3 Å². The highest BCUT2D eigenvalue weighted by Gasteiger charge is 2.15. The summed E-state index contributed by atoms with van der Waals surface area (Å²) < 4.78 is 31.1. The quantitative estimate of drug-likeness (QED) is 0.566. The molecule has 2 aromatic carbocycles. The molecule has 26 heavy (non-hydrogen) atoms. The number of Topliss-reactive ketones (excluding diaryl/α,β-unsaturated/α-hetero) is 1. The molecule has 0 aliphatic heterocycles. The van der Waals surface area contributed by atoms with Gasteiger partial charge in [-0.2, -0.15) is 0 Å². The molecule has 0 amide bonds. The van der Waals surface area contributed by atoms with E-state index in [4.69, 9.17) is 4.74 Å². The smallest absolute Gasteiger partial charge is 0.338 e. The van der Waals surface area contributed by atoms with Gasteiger partial charge in [0, 0.05) is 12.1 Å². The molecule has 0 heterocycles. The van der Waals surface area contributed by atoms with Gasteiger partial charge in [0.05, 0.1) is 10.5 Å². The summed E-state index contributed by atoms with van der Waals surface area (Å²) in [7, 11) is -3.58. The maximum Gasteiger partial charge on any atom is 0.338 e. The first-order valence-corrected chi connectivity index (χ1v) is 9.74. The van der Waals surface area contributed by atoms with Crippen molar-refractivity contribution in [3.05, 3.63) is 65.2 Å². The normalized spacial score (nSPS) is 11.2. The minimum Gasteiger partial charge on any atom is -0.454 e. The Kier molecular flexibility index (Phi) is 6.65. The summed E-state index contributed by atoms with van der Waals surface area (Å²) >= 11 is 0. The van der Waals surface area contributed by atoms with Gasteiger partial charge in [-0.1, -0.05) is 38.1 Å². The number of hydrogen-bond acceptors (Lipinski definition) is 5. The number of hydrogen-bond donors (Lipinski definition) is 1. The average molecular weight is 375 g/mol. The Balaban J connectivity index is 1.98. The number of esters is 1. The standard InChI is InChI=1S/C19H21NO5S/c1-3-14-5-7-15(8-6-14)18(21)13-25-19(22)16-9-11-17(12-10-16)26(23,24)20-4-2/h5-12,20H,3-4,13H2,1-2H3. The molecule has 0 saturated heterocycles. The van der Waals surface area contributed by atoms with E-state index in [0.717, 1.165) is 12.0 Å². The Hall–Kier alpha value is -2.51. The molecule has 138 valence electrons. The van der Waals surface area contributed by atoms with Gasteiger partial charge in [0.15, 0.2) is 12.4 Å². The SMILES string of the molecule is CCNS(=O)(=O)c1ccc(C(=O)OCC(=O)c2ccc(CC)cc2)cc1. The van der Waals surface area contributed by atoms with Gasteiger partial charge in [0.1, 0.15) is 0 Å². The maximum absolute atomic E-state index is 12.1. The number of ketones is 1. The Bertz CT molecular complexity index is 871. The van der Waals surface area contributed by atoms with Crippen LogP contribution in [0, 0.1) is 0 Å². The van der Waals surface area contributed by atoms with Crippen molar-refractivity contribution in [3.63, 3.8) is 0 Å². The second-order valence-corrected chi connectivity index (χ2v) is 7.34. The molecular weight excluding hydrogens is 354 g/mol. The number of benzene rings is 2. The summed E-state index contributed by atoms with van der Waals surface area (Å²) in [5, 5.41) is 0. The van der Waals surface area contributed by atoms with Gasteiger partial charge in [-0.25, -0.2) is 17.9 Å². The highest BCUT2D eigenvalue weighted by atomic mass is 32.2. The van der Waals surface area contributed by atoms with E-state index in [9.17, 15) is 18.0 Å². The van der Waals surface area contributed by atoms with Crippen molar-refractivity contribution in [3.8, 4) is 0 Å². The van der Waals surface area contributed by atoms with E-state index in [-0.39, 0.29) is 29.4 Å². The van der Waals surface area contributed by atoms with E-state index in [1.54, 1.807) is 19.1 Å². The molecule has 6 nitrogen and oxygen atoms in total. The lowest BCUT2D eigenvalue weighted by Crippen LogP contribution is -2.23. The molecule has 0 fully saturated rings. The maximum atomic E-state index is 12.1. The number of rotatable bonds is 8. The van der Waals surface area contributed by atoms with Gasteiger partial charge in [0.25, 0.3) is 0 Å². The van der Waals surface area contributed by atoms with Crippen molar-refractivity contribution in [2.24, 2.45) is 0 Å². The first-order chi connectivity index (χ1) is 12.4. The van der Waals surface area contributed by atoms with E-state index < -0.39 is 16.0 Å². The third-order valence-electron chi connectivity index (χ3n) is 3.75. The van der Waals surface area contributed by atoms with Gasteiger partial charge in [-0.15, -0.1) is 0 Å². The number of carbonyl (C=O) groups excluding carboxylic acids is 2.